The lowest BCUT2D eigenvalue weighted by Gasteiger charge is -2.64. The van der Waals surface area contributed by atoms with Crippen LogP contribution in [0.1, 0.15) is 110 Å². The number of ether oxygens (including phenoxy) is 3. The summed E-state index contributed by atoms with van der Waals surface area (Å²) in [5.41, 5.74) is -0.712. The number of carbonyl (C=O) groups is 1. The molecule has 1 aromatic rings. The number of fused-ring (bicyclic) bond motifs is 4. The zero-order valence-corrected chi connectivity index (χ0v) is 30.7. The Balaban J connectivity index is 1.00. The summed E-state index contributed by atoms with van der Waals surface area (Å²) in [5.74, 6) is 1.38. The fourth-order valence-corrected chi connectivity index (χ4v) is 13.9. The lowest BCUT2D eigenvalue weighted by atomic mass is 9.41. The molecule has 7 fully saturated rings. The zero-order chi connectivity index (χ0) is 34.9. The number of aliphatic hydroxyl groups is 3. The topological polar surface area (TPSA) is 122 Å². The van der Waals surface area contributed by atoms with Crippen LogP contribution in [-0.4, -0.2) is 93.2 Å². The Morgan fingerprint density at radius 3 is 2.53 bits per heavy atom. The largest absolute Gasteiger partial charge is 0.390 e. The molecule has 2 aliphatic heterocycles. The number of aromatic nitrogens is 1. The van der Waals surface area contributed by atoms with Crippen LogP contribution in [0.3, 0.4) is 0 Å². The minimum absolute atomic E-state index is 0.0463. The lowest BCUT2D eigenvalue weighted by Crippen LogP contribution is -2.60. The average Bonchev–Trinajstić information content (AvgIpc) is 3.70. The van der Waals surface area contributed by atoms with Gasteiger partial charge in [0, 0.05) is 18.2 Å². The SMILES string of the molecule is C[C@@H]1CC(C(O)C(C)(C)O)OC2C1C1(C)CCC34CC35CCC(OC3CN(C(=O)c6ccccn6)CCO3)C(C)(C)[C@@H]5CCC4[C@]1(C)[C@H]2O. The number of aliphatic hydroxyl groups excluding tert-OH is 2. The lowest BCUT2D eigenvalue weighted by molar-refractivity contribution is -0.245. The van der Waals surface area contributed by atoms with Crippen LogP contribution >= 0.6 is 0 Å². The highest BCUT2D eigenvalue weighted by Gasteiger charge is 2.84. The maximum Gasteiger partial charge on any atom is 0.272 e. The van der Waals surface area contributed by atoms with Gasteiger partial charge in [-0.15, -0.1) is 0 Å². The van der Waals surface area contributed by atoms with Crippen LogP contribution in [0.25, 0.3) is 0 Å². The number of pyridine rings is 1. The molecule has 9 nitrogen and oxygen atoms in total. The fourth-order valence-electron chi connectivity index (χ4n) is 13.9. The highest BCUT2D eigenvalue weighted by atomic mass is 16.7. The maximum absolute atomic E-state index is 13.2. The van der Waals surface area contributed by atoms with Crippen molar-refractivity contribution in [2.24, 2.45) is 50.7 Å². The van der Waals surface area contributed by atoms with Gasteiger partial charge in [0.15, 0.2) is 6.29 Å². The van der Waals surface area contributed by atoms with E-state index < -0.39 is 30.2 Å². The Labute approximate surface area is 292 Å². The smallest absolute Gasteiger partial charge is 0.272 e. The highest BCUT2D eigenvalue weighted by Crippen LogP contribution is 2.89. The molecule has 1 aromatic heterocycles. The number of hydrogen-bond donors (Lipinski definition) is 3. The molecule has 3 heterocycles. The number of morpholine rings is 1. The second-order valence-corrected chi connectivity index (χ2v) is 19.0. The van der Waals surface area contributed by atoms with Gasteiger partial charge in [0.25, 0.3) is 5.91 Å². The van der Waals surface area contributed by atoms with Crippen molar-refractivity contribution >= 4 is 5.91 Å². The van der Waals surface area contributed by atoms with Crippen LogP contribution in [0.5, 0.6) is 0 Å². The molecule has 0 bridgehead atoms. The first-order valence-corrected chi connectivity index (χ1v) is 19.2. The molecule has 9 heteroatoms. The standard InChI is InChI=1S/C40H60N2O7/c1-23-20-25(32(43)36(4,5)46)48-31-30(23)37(6)15-16-40-22-39(40)14-13-28(35(2,3)26(39)11-12-27(40)38(37,7)33(31)44)49-29-21-42(18-19-47-29)34(45)24-10-8-9-17-41-24/h8-10,17,23,25-33,43-44,46H,11-16,18-22H2,1-7H3/t23-,25?,26+,27?,28?,29?,30?,31?,32?,33+,37?,38-,39?,40?/m1/s1. The Morgan fingerprint density at radius 1 is 1.08 bits per heavy atom. The summed E-state index contributed by atoms with van der Waals surface area (Å²) in [6.07, 6.45) is 7.40. The molecule has 8 rings (SSSR count). The predicted octanol–water partition coefficient (Wildman–Crippen LogP) is 5.21. The van der Waals surface area contributed by atoms with Gasteiger partial charge in [-0.05, 0) is 123 Å². The van der Waals surface area contributed by atoms with E-state index >= 15 is 0 Å². The first-order valence-electron chi connectivity index (χ1n) is 19.2. The van der Waals surface area contributed by atoms with Crippen LogP contribution in [0, 0.1) is 50.7 Å². The zero-order valence-electron chi connectivity index (χ0n) is 30.7. The van der Waals surface area contributed by atoms with Gasteiger partial charge >= 0.3 is 0 Å². The summed E-state index contributed by atoms with van der Waals surface area (Å²) < 4.78 is 19.6. The van der Waals surface area contributed by atoms with E-state index in [0.717, 1.165) is 32.1 Å². The summed E-state index contributed by atoms with van der Waals surface area (Å²) in [5, 5.41) is 34.1. The van der Waals surface area contributed by atoms with Crippen LogP contribution in [0.2, 0.25) is 0 Å². The molecule has 7 aliphatic rings. The molecule has 14 atom stereocenters. The molecule has 2 spiro atoms. The first-order chi connectivity index (χ1) is 23.0. The van der Waals surface area contributed by atoms with Gasteiger partial charge in [0.1, 0.15) is 11.8 Å². The predicted molar refractivity (Wildman–Crippen MR) is 183 cm³/mol. The molecule has 5 aliphatic carbocycles. The van der Waals surface area contributed by atoms with Gasteiger partial charge in [0.2, 0.25) is 0 Å². The van der Waals surface area contributed by atoms with Gasteiger partial charge in [-0.1, -0.05) is 40.7 Å². The summed E-state index contributed by atoms with van der Waals surface area (Å²) in [6, 6.07) is 5.43. The number of rotatable bonds is 5. The van der Waals surface area contributed by atoms with Crippen LogP contribution in [0.4, 0.5) is 0 Å². The Bertz CT molecular complexity index is 1450. The quantitative estimate of drug-likeness (QED) is 0.388. The van der Waals surface area contributed by atoms with E-state index in [-0.39, 0.29) is 57.0 Å². The molecule has 0 aromatic carbocycles. The van der Waals surface area contributed by atoms with Crippen molar-refractivity contribution < 1.29 is 34.3 Å². The van der Waals surface area contributed by atoms with Gasteiger partial charge in [-0.3, -0.25) is 9.78 Å². The van der Waals surface area contributed by atoms with Gasteiger partial charge in [-0.25, -0.2) is 0 Å². The van der Waals surface area contributed by atoms with Gasteiger partial charge < -0.3 is 34.4 Å². The molecule has 5 saturated carbocycles. The van der Waals surface area contributed by atoms with Crippen LogP contribution in [-0.2, 0) is 14.2 Å². The van der Waals surface area contributed by atoms with Crippen molar-refractivity contribution in [3.05, 3.63) is 30.1 Å². The molecule has 10 unspecified atom stereocenters. The molecule has 49 heavy (non-hydrogen) atoms. The molecular weight excluding hydrogens is 620 g/mol. The number of amides is 1. The van der Waals surface area contributed by atoms with Crippen molar-refractivity contribution in [3.63, 3.8) is 0 Å². The Morgan fingerprint density at radius 2 is 1.82 bits per heavy atom. The second kappa shape index (κ2) is 11.2. The minimum atomic E-state index is -1.26. The Kier molecular flexibility index (Phi) is 7.87. The average molecular weight is 681 g/mol. The van der Waals surface area contributed by atoms with Crippen molar-refractivity contribution in [2.75, 3.05) is 19.7 Å². The van der Waals surface area contributed by atoms with E-state index in [1.807, 2.05) is 17.0 Å². The number of carbonyl (C=O) groups excluding carboxylic acids is 1. The first kappa shape index (κ1) is 34.5. The summed E-state index contributed by atoms with van der Waals surface area (Å²) in [4.78, 5) is 19.3. The van der Waals surface area contributed by atoms with Crippen LogP contribution < -0.4 is 0 Å². The molecular formula is C40H60N2O7. The van der Waals surface area contributed by atoms with E-state index in [4.69, 9.17) is 14.2 Å². The normalized spacial score (nSPS) is 49.1. The summed E-state index contributed by atoms with van der Waals surface area (Å²) in [6.45, 7) is 16.6. The third kappa shape index (κ3) is 4.64. The third-order valence-electron chi connectivity index (χ3n) is 16.4. The number of hydrogen-bond acceptors (Lipinski definition) is 8. The van der Waals surface area contributed by atoms with Crippen molar-refractivity contribution in [2.45, 2.75) is 142 Å². The van der Waals surface area contributed by atoms with E-state index in [1.54, 1.807) is 26.1 Å². The van der Waals surface area contributed by atoms with E-state index in [2.05, 4.69) is 39.6 Å². The Hall–Kier alpha value is -1.62. The van der Waals surface area contributed by atoms with Crippen molar-refractivity contribution in [3.8, 4) is 0 Å². The van der Waals surface area contributed by atoms with E-state index in [0.29, 0.717) is 43.6 Å². The van der Waals surface area contributed by atoms with Crippen molar-refractivity contribution in [1.29, 1.82) is 0 Å². The second-order valence-electron chi connectivity index (χ2n) is 19.0. The molecule has 0 radical (unpaired) electrons. The van der Waals surface area contributed by atoms with Crippen molar-refractivity contribution in [1.82, 2.24) is 9.88 Å². The highest BCUT2D eigenvalue weighted by molar-refractivity contribution is 5.92. The summed E-state index contributed by atoms with van der Waals surface area (Å²) in [7, 11) is 0. The maximum atomic E-state index is 13.2. The molecule has 2 saturated heterocycles. The number of nitrogens with zero attached hydrogens (tertiary/aromatic N) is 2. The van der Waals surface area contributed by atoms with E-state index in [1.165, 1.54) is 12.8 Å². The minimum Gasteiger partial charge on any atom is -0.390 e. The third-order valence-corrected chi connectivity index (χ3v) is 16.4. The van der Waals surface area contributed by atoms with Gasteiger partial charge in [0.05, 0.1) is 43.2 Å². The monoisotopic (exact) mass is 680 g/mol. The van der Waals surface area contributed by atoms with Gasteiger partial charge in [-0.2, -0.15) is 0 Å². The molecule has 272 valence electrons. The molecule has 1 amide bonds. The molecule has 3 N–H and O–H groups in total. The summed E-state index contributed by atoms with van der Waals surface area (Å²) >= 11 is 0. The van der Waals surface area contributed by atoms with Crippen LogP contribution in [0.15, 0.2) is 24.4 Å². The van der Waals surface area contributed by atoms with E-state index in [9.17, 15) is 20.1 Å². The fraction of sp³-hybridized carbons (Fsp3) is 0.850.